The second kappa shape index (κ2) is 13.3. The maximum absolute atomic E-state index is 15.0. The van der Waals surface area contributed by atoms with Crippen molar-refractivity contribution in [1.29, 1.82) is 0 Å². The van der Waals surface area contributed by atoms with E-state index in [-0.39, 0.29) is 61.8 Å². The Bertz CT molecular complexity index is 2300. The molecule has 254 valence electrons. The number of alkyl halides is 2. The second-order valence-corrected chi connectivity index (χ2v) is 13.1. The van der Waals surface area contributed by atoms with Crippen LogP contribution in [0.3, 0.4) is 0 Å². The summed E-state index contributed by atoms with van der Waals surface area (Å²) in [6.07, 6.45) is -1.52. The molecule has 1 atom stereocenters. The van der Waals surface area contributed by atoms with Crippen LogP contribution in [0.1, 0.15) is 16.8 Å². The van der Waals surface area contributed by atoms with Crippen LogP contribution in [0.4, 0.5) is 23.2 Å². The monoisotopic (exact) mass is 695 g/mol. The second-order valence-electron chi connectivity index (χ2n) is 11.1. The Morgan fingerprint density at radius 1 is 0.980 bits per heavy atom. The van der Waals surface area contributed by atoms with E-state index in [1.165, 1.54) is 62.7 Å². The predicted molar refractivity (Wildman–Crippen MR) is 178 cm³/mol. The molecule has 0 fully saturated rings. The van der Waals surface area contributed by atoms with E-state index < -0.39 is 53.4 Å². The zero-order chi connectivity index (χ0) is 35.0. The third kappa shape index (κ3) is 6.43. The van der Waals surface area contributed by atoms with E-state index in [4.69, 9.17) is 13.6 Å². The summed E-state index contributed by atoms with van der Waals surface area (Å²) in [5.41, 5.74) is 1.45. The molecule has 0 aliphatic rings. The highest BCUT2D eigenvalue weighted by atomic mass is 32.2. The van der Waals surface area contributed by atoms with Crippen LogP contribution in [-0.4, -0.2) is 59.1 Å². The van der Waals surface area contributed by atoms with Crippen molar-refractivity contribution < 1.29 is 44.3 Å². The quantitative estimate of drug-likeness (QED) is 0.138. The van der Waals surface area contributed by atoms with Gasteiger partial charge in [0.2, 0.25) is 15.9 Å². The van der Waals surface area contributed by atoms with E-state index in [0.717, 1.165) is 10.6 Å². The van der Waals surface area contributed by atoms with Crippen molar-refractivity contribution in [3.8, 4) is 39.7 Å². The number of aromatic nitrogens is 1. The summed E-state index contributed by atoms with van der Waals surface area (Å²) >= 11 is 0. The van der Waals surface area contributed by atoms with Gasteiger partial charge in [0.25, 0.3) is 5.91 Å². The number of hydrogen-bond donors (Lipinski definition) is 1. The Kier molecular flexibility index (Phi) is 9.08. The minimum atomic E-state index is -4.20. The lowest BCUT2D eigenvalue weighted by Gasteiger charge is -2.26. The fraction of sp³-hybridized carbons (Fsp3) is 0.200. The molecule has 6 rings (SSSR count). The van der Waals surface area contributed by atoms with Crippen molar-refractivity contribution in [2.45, 2.75) is 12.6 Å². The smallest absolute Gasteiger partial charge is 0.255 e. The maximum Gasteiger partial charge on any atom is 0.255 e. The molecular formula is C35H29F4N3O6S. The van der Waals surface area contributed by atoms with Crippen molar-refractivity contribution in [1.82, 2.24) is 10.3 Å². The van der Waals surface area contributed by atoms with E-state index in [9.17, 15) is 30.8 Å². The van der Waals surface area contributed by atoms with E-state index in [2.05, 4.69) is 10.3 Å². The van der Waals surface area contributed by atoms with Gasteiger partial charge < -0.3 is 18.9 Å². The number of carbonyl (C=O) groups excluding carboxylic acids is 1. The number of anilines is 1. The van der Waals surface area contributed by atoms with Crippen LogP contribution in [0.2, 0.25) is 0 Å². The number of nitrogens with one attached hydrogen (secondary N) is 1. The maximum atomic E-state index is 15.0. The lowest BCUT2D eigenvalue weighted by molar-refractivity contribution is 0.0964. The molecule has 4 aromatic carbocycles. The highest BCUT2D eigenvalue weighted by Crippen LogP contribution is 2.44. The topological polar surface area (TPSA) is 115 Å². The summed E-state index contributed by atoms with van der Waals surface area (Å²) in [5.74, 6) is -1.30. The molecule has 0 aliphatic carbocycles. The number of nitrogens with zero attached hydrogens (tertiary/aromatic N) is 2. The lowest BCUT2D eigenvalue weighted by atomic mass is 9.96. The first-order valence-electron chi connectivity index (χ1n) is 14.9. The van der Waals surface area contributed by atoms with Gasteiger partial charge in [-0.05, 0) is 60.2 Å². The average Bonchev–Trinajstić information content (AvgIpc) is 3.68. The molecule has 0 spiro atoms. The minimum absolute atomic E-state index is 0.00104. The summed E-state index contributed by atoms with van der Waals surface area (Å²) < 4.78 is 101. The summed E-state index contributed by atoms with van der Waals surface area (Å²) in [5, 5.41) is 2.83. The number of halogens is 4. The molecule has 14 heteroatoms. The number of para-hydroxylation sites is 1. The number of methoxy groups -OCH3 is 1. The van der Waals surface area contributed by atoms with Gasteiger partial charge in [0.15, 0.2) is 11.4 Å². The van der Waals surface area contributed by atoms with Crippen molar-refractivity contribution in [2.24, 2.45) is 0 Å². The zero-order valence-electron chi connectivity index (χ0n) is 26.4. The van der Waals surface area contributed by atoms with Gasteiger partial charge >= 0.3 is 0 Å². The van der Waals surface area contributed by atoms with E-state index >= 15 is 0 Å². The Morgan fingerprint density at radius 2 is 1.71 bits per heavy atom. The largest absolute Gasteiger partial charge is 0.496 e. The Labute approximate surface area is 278 Å². The normalized spacial score (nSPS) is 12.4. The summed E-state index contributed by atoms with van der Waals surface area (Å²) in [7, 11) is -1.37. The third-order valence-corrected chi connectivity index (χ3v) is 9.08. The van der Waals surface area contributed by atoms with Crippen molar-refractivity contribution in [3.63, 3.8) is 0 Å². The van der Waals surface area contributed by atoms with Gasteiger partial charge in [0.05, 0.1) is 43.4 Å². The Hall–Kier alpha value is -5.37. The molecule has 0 bridgehead atoms. The van der Waals surface area contributed by atoms with E-state index in [1.807, 2.05) is 0 Å². The highest BCUT2D eigenvalue weighted by Gasteiger charge is 2.29. The average molecular weight is 696 g/mol. The van der Waals surface area contributed by atoms with Crippen LogP contribution < -0.4 is 14.4 Å². The molecule has 2 heterocycles. The van der Waals surface area contributed by atoms with Gasteiger partial charge in [-0.1, -0.05) is 12.1 Å². The molecule has 1 amide bonds. The molecule has 0 saturated carbocycles. The first-order valence-corrected chi connectivity index (χ1v) is 16.8. The van der Waals surface area contributed by atoms with Crippen LogP contribution in [0, 0.1) is 11.6 Å². The van der Waals surface area contributed by atoms with Gasteiger partial charge in [-0.15, -0.1) is 0 Å². The molecule has 0 radical (unpaired) electrons. The number of fused-ring (bicyclic) bond motifs is 2. The predicted octanol–water partition coefficient (Wildman–Crippen LogP) is 7.69. The molecule has 1 N–H and O–H groups in total. The number of benzene rings is 4. The minimum Gasteiger partial charge on any atom is -0.496 e. The number of hydrogen-bond acceptors (Lipinski definition) is 7. The van der Waals surface area contributed by atoms with Crippen LogP contribution in [0.5, 0.6) is 5.75 Å². The Morgan fingerprint density at radius 3 is 2.37 bits per heavy atom. The third-order valence-electron chi connectivity index (χ3n) is 7.93. The fourth-order valence-corrected chi connectivity index (χ4v) is 6.54. The molecule has 0 saturated heterocycles. The van der Waals surface area contributed by atoms with Crippen LogP contribution in [0.25, 0.3) is 56.0 Å². The van der Waals surface area contributed by atoms with Crippen molar-refractivity contribution in [2.75, 3.05) is 37.9 Å². The number of furan rings is 1. The number of rotatable bonds is 11. The number of amides is 1. The standard InChI is InChI=1S/C35H29F4N3O6S/c1-40-34(43)31-24-16-23(20-9-12-28(46-2)25(15-20)35-41-32-26(39)5-4-6-29(32)48-35)27(42(49(3,44)45)18-22(38)13-14-36)17-30(24)47-33(31)19-7-10-21(37)11-8-19/h4-12,15-17,22H,13-14,18H2,1-3H3,(H,40,43). The van der Waals surface area contributed by atoms with Gasteiger partial charge in [-0.3, -0.25) is 13.5 Å². The molecule has 49 heavy (non-hydrogen) atoms. The van der Waals surface area contributed by atoms with Gasteiger partial charge in [0.1, 0.15) is 34.6 Å². The SMILES string of the molecule is CNC(=O)c1c(-c2ccc(F)cc2)oc2cc(N(CC(F)CCF)S(C)(=O)=O)c(-c3ccc(OC)c(-c4nc5c(F)cccc5o4)c3)cc12. The number of oxazole rings is 1. The summed E-state index contributed by atoms with van der Waals surface area (Å²) in [4.78, 5) is 17.6. The molecule has 9 nitrogen and oxygen atoms in total. The molecule has 2 aromatic heterocycles. The molecule has 1 unspecified atom stereocenters. The number of sulfonamides is 1. The molecule has 0 aliphatic heterocycles. The van der Waals surface area contributed by atoms with Crippen LogP contribution >= 0.6 is 0 Å². The molecule has 6 aromatic rings. The first kappa shape index (κ1) is 33.5. The number of ether oxygens (including phenoxy) is 1. The van der Waals surface area contributed by atoms with Gasteiger partial charge in [-0.25, -0.2) is 26.6 Å². The van der Waals surface area contributed by atoms with Crippen molar-refractivity contribution in [3.05, 3.63) is 90.0 Å². The zero-order valence-corrected chi connectivity index (χ0v) is 27.2. The molecular weight excluding hydrogens is 666 g/mol. The summed E-state index contributed by atoms with van der Waals surface area (Å²) in [6.45, 7) is -1.73. The van der Waals surface area contributed by atoms with Gasteiger partial charge in [-0.2, -0.15) is 0 Å². The van der Waals surface area contributed by atoms with Crippen LogP contribution in [-0.2, 0) is 10.0 Å². The fourth-order valence-electron chi connectivity index (χ4n) is 5.60. The Balaban J connectivity index is 1.66. The lowest BCUT2D eigenvalue weighted by Crippen LogP contribution is -2.36. The van der Waals surface area contributed by atoms with E-state index in [1.54, 1.807) is 24.3 Å². The number of carbonyl (C=O) groups is 1. The van der Waals surface area contributed by atoms with Crippen LogP contribution in [0.15, 0.2) is 81.6 Å². The summed E-state index contributed by atoms with van der Waals surface area (Å²) in [6, 6.07) is 17.1. The van der Waals surface area contributed by atoms with E-state index in [0.29, 0.717) is 11.1 Å². The van der Waals surface area contributed by atoms with Gasteiger partial charge in [0, 0.05) is 36.0 Å². The van der Waals surface area contributed by atoms with Crippen molar-refractivity contribution >= 4 is 43.7 Å². The first-order chi connectivity index (χ1) is 23.4. The highest BCUT2D eigenvalue weighted by molar-refractivity contribution is 7.92.